The molecule has 0 unspecified atom stereocenters. The standard InChI is InChI=1S/C16H20N2O4/c1-16(2)21-14(19)12(15(20)22-16)9-17-13-8-6-5-7-11(13)10-18(3)4/h5-9,17H,10H2,1-4H3. The van der Waals surface area contributed by atoms with E-state index in [0.717, 1.165) is 17.8 Å². The summed E-state index contributed by atoms with van der Waals surface area (Å²) in [5, 5.41) is 2.99. The van der Waals surface area contributed by atoms with Crippen LogP contribution in [0.4, 0.5) is 5.69 Å². The van der Waals surface area contributed by atoms with Crippen molar-refractivity contribution in [3.05, 3.63) is 41.6 Å². The predicted octanol–water partition coefficient (Wildman–Crippen LogP) is 1.88. The van der Waals surface area contributed by atoms with Crippen LogP contribution in [0.3, 0.4) is 0 Å². The topological polar surface area (TPSA) is 67.9 Å². The van der Waals surface area contributed by atoms with E-state index < -0.39 is 17.7 Å². The maximum atomic E-state index is 11.9. The summed E-state index contributed by atoms with van der Waals surface area (Å²) in [4.78, 5) is 25.8. The molecule has 2 rings (SSSR count). The summed E-state index contributed by atoms with van der Waals surface area (Å²) < 4.78 is 10.1. The van der Waals surface area contributed by atoms with E-state index in [1.807, 2.05) is 43.3 Å². The number of carbonyl (C=O) groups is 2. The number of para-hydroxylation sites is 1. The monoisotopic (exact) mass is 304 g/mol. The van der Waals surface area contributed by atoms with Gasteiger partial charge in [-0.2, -0.15) is 0 Å². The van der Waals surface area contributed by atoms with Crippen molar-refractivity contribution in [2.75, 3.05) is 19.4 Å². The molecule has 1 aromatic rings. The van der Waals surface area contributed by atoms with E-state index in [1.165, 1.54) is 20.0 Å². The molecule has 0 spiro atoms. The van der Waals surface area contributed by atoms with Crippen LogP contribution in [0.15, 0.2) is 36.0 Å². The number of esters is 2. The second kappa shape index (κ2) is 6.19. The quantitative estimate of drug-likeness (QED) is 0.520. The van der Waals surface area contributed by atoms with Crippen LogP contribution in [-0.4, -0.2) is 36.7 Å². The van der Waals surface area contributed by atoms with Crippen molar-refractivity contribution in [1.29, 1.82) is 0 Å². The summed E-state index contributed by atoms with van der Waals surface area (Å²) in [6.07, 6.45) is 1.33. The Morgan fingerprint density at radius 1 is 1.14 bits per heavy atom. The van der Waals surface area contributed by atoms with Gasteiger partial charge < -0.3 is 19.7 Å². The maximum Gasteiger partial charge on any atom is 0.350 e. The summed E-state index contributed by atoms with van der Waals surface area (Å²) in [6.45, 7) is 3.76. The Bertz CT molecular complexity index is 598. The molecule has 0 saturated carbocycles. The van der Waals surface area contributed by atoms with Crippen LogP contribution in [-0.2, 0) is 25.6 Å². The number of benzene rings is 1. The van der Waals surface area contributed by atoms with Crippen LogP contribution in [0, 0.1) is 0 Å². The molecule has 0 atom stereocenters. The molecule has 0 bridgehead atoms. The van der Waals surface area contributed by atoms with Gasteiger partial charge in [-0.15, -0.1) is 0 Å². The highest BCUT2D eigenvalue weighted by Gasteiger charge is 2.38. The smallest absolute Gasteiger partial charge is 0.350 e. The molecule has 1 saturated heterocycles. The minimum absolute atomic E-state index is 0.154. The van der Waals surface area contributed by atoms with Crippen LogP contribution in [0.5, 0.6) is 0 Å². The highest BCUT2D eigenvalue weighted by Crippen LogP contribution is 2.23. The third kappa shape index (κ3) is 3.85. The molecule has 0 amide bonds. The van der Waals surface area contributed by atoms with Gasteiger partial charge in [0.25, 0.3) is 5.79 Å². The average Bonchev–Trinajstić information content (AvgIpc) is 2.37. The fraction of sp³-hybridized carbons (Fsp3) is 0.375. The van der Waals surface area contributed by atoms with Crippen molar-refractivity contribution in [1.82, 2.24) is 4.90 Å². The van der Waals surface area contributed by atoms with E-state index in [1.54, 1.807) is 0 Å². The minimum Gasteiger partial charge on any atom is -0.419 e. The summed E-state index contributed by atoms with van der Waals surface area (Å²) in [5.74, 6) is -2.62. The Kier molecular flexibility index (Phi) is 4.51. The van der Waals surface area contributed by atoms with Gasteiger partial charge in [0, 0.05) is 32.3 Å². The summed E-state index contributed by atoms with van der Waals surface area (Å²) in [6, 6.07) is 7.66. The van der Waals surface area contributed by atoms with E-state index in [4.69, 9.17) is 9.47 Å². The van der Waals surface area contributed by atoms with Gasteiger partial charge in [-0.1, -0.05) is 18.2 Å². The molecule has 0 aliphatic carbocycles. The van der Waals surface area contributed by atoms with Gasteiger partial charge in [0.15, 0.2) is 5.57 Å². The van der Waals surface area contributed by atoms with E-state index in [9.17, 15) is 9.59 Å². The highest BCUT2D eigenvalue weighted by atomic mass is 16.7. The molecule has 6 heteroatoms. The largest absolute Gasteiger partial charge is 0.419 e. The number of cyclic esters (lactones) is 2. The van der Waals surface area contributed by atoms with E-state index in [0.29, 0.717) is 0 Å². The first-order chi connectivity index (χ1) is 10.3. The van der Waals surface area contributed by atoms with Crippen molar-refractivity contribution in [3.63, 3.8) is 0 Å². The molecule has 6 nitrogen and oxygen atoms in total. The lowest BCUT2D eigenvalue weighted by atomic mass is 10.1. The molecule has 1 fully saturated rings. The molecule has 1 aliphatic heterocycles. The van der Waals surface area contributed by atoms with Gasteiger partial charge in [-0.05, 0) is 25.7 Å². The lowest BCUT2D eigenvalue weighted by Crippen LogP contribution is -2.42. The Hall–Kier alpha value is -2.34. The third-order valence-electron chi connectivity index (χ3n) is 2.99. The van der Waals surface area contributed by atoms with E-state index >= 15 is 0 Å². The van der Waals surface area contributed by atoms with Crippen molar-refractivity contribution in [2.24, 2.45) is 0 Å². The number of rotatable bonds is 4. The zero-order chi connectivity index (χ0) is 16.3. The second-order valence-electron chi connectivity index (χ2n) is 5.78. The van der Waals surface area contributed by atoms with Crippen LogP contribution < -0.4 is 5.32 Å². The third-order valence-corrected chi connectivity index (χ3v) is 2.99. The molecule has 0 radical (unpaired) electrons. The molecular formula is C16H20N2O4. The summed E-state index contributed by atoms with van der Waals surface area (Å²) in [7, 11) is 3.93. The lowest BCUT2D eigenvalue weighted by Gasteiger charge is -2.29. The number of anilines is 1. The van der Waals surface area contributed by atoms with Gasteiger partial charge in [-0.3, -0.25) is 0 Å². The molecule has 1 aliphatic rings. The first kappa shape index (κ1) is 16.0. The zero-order valence-electron chi connectivity index (χ0n) is 13.2. The zero-order valence-corrected chi connectivity index (χ0v) is 13.2. The van der Waals surface area contributed by atoms with Crippen molar-refractivity contribution < 1.29 is 19.1 Å². The van der Waals surface area contributed by atoms with Gasteiger partial charge in [-0.25, -0.2) is 9.59 Å². The van der Waals surface area contributed by atoms with Crippen molar-refractivity contribution in [3.8, 4) is 0 Å². The minimum atomic E-state index is -1.23. The molecule has 1 aromatic carbocycles. The van der Waals surface area contributed by atoms with E-state index in [-0.39, 0.29) is 5.57 Å². The molecule has 22 heavy (non-hydrogen) atoms. The number of nitrogens with one attached hydrogen (secondary N) is 1. The summed E-state index contributed by atoms with van der Waals surface area (Å²) >= 11 is 0. The van der Waals surface area contributed by atoms with Crippen molar-refractivity contribution >= 4 is 17.6 Å². The number of hydrogen-bond donors (Lipinski definition) is 1. The lowest BCUT2D eigenvalue weighted by molar-refractivity contribution is -0.222. The SMILES string of the molecule is CN(C)Cc1ccccc1NC=C1C(=O)OC(C)(C)OC1=O. The number of ether oxygens (including phenoxy) is 2. The Balaban J connectivity index is 2.18. The van der Waals surface area contributed by atoms with Gasteiger partial charge in [0.2, 0.25) is 0 Å². The molecule has 0 aromatic heterocycles. The molecule has 118 valence electrons. The van der Waals surface area contributed by atoms with Crippen LogP contribution >= 0.6 is 0 Å². The van der Waals surface area contributed by atoms with Gasteiger partial charge in [0.1, 0.15) is 0 Å². The molecule has 1 heterocycles. The van der Waals surface area contributed by atoms with Gasteiger partial charge >= 0.3 is 11.9 Å². The van der Waals surface area contributed by atoms with Crippen LogP contribution in [0.1, 0.15) is 19.4 Å². The number of carbonyl (C=O) groups excluding carboxylic acids is 2. The fourth-order valence-corrected chi connectivity index (χ4v) is 2.07. The number of nitrogens with zero attached hydrogens (tertiary/aromatic N) is 1. The summed E-state index contributed by atoms with van der Waals surface area (Å²) in [5.41, 5.74) is 1.70. The van der Waals surface area contributed by atoms with Crippen LogP contribution in [0.25, 0.3) is 0 Å². The average molecular weight is 304 g/mol. The Labute approximate surface area is 129 Å². The normalized spacial score (nSPS) is 17.0. The van der Waals surface area contributed by atoms with E-state index in [2.05, 4.69) is 5.32 Å². The fourth-order valence-electron chi connectivity index (χ4n) is 2.07. The Morgan fingerprint density at radius 3 is 2.32 bits per heavy atom. The second-order valence-corrected chi connectivity index (χ2v) is 5.78. The first-order valence-electron chi connectivity index (χ1n) is 6.94. The Morgan fingerprint density at radius 2 is 1.73 bits per heavy atom. The number of hydrogen-bond acceptors (Lipinski definition) is 6. The van der Waals surface area contributed by atoms with Gasteiger partial charge in [0.05, 0.1) is 0 Å². The predicted molar refractivity (Wildman–Crippen MR) is 81.8 cm³/mol. The molecular weight excluding hydrogens is 284 g/mol. The first-order valence-corrected chi connectivity index (χ1v) is 6.94. The molecule has 1 N–H and O–H groups in total. The van der Waals surface area contributed by atoms with Crippen molar-refractivity contribution in [2.45, 2.75) is 26.2 Å². The maximum absolute atomic E-state index is 11.9. The highest BCUT2D eigenvalue weighted by molar-refractivity contribution is 6.15. The van der Waals surface area contributed by atoms with Crippen LogP contribution in [0.2, 0.25) is 0 Å².